The fraction of sp³-hybridized carbons (Fsp3) is 0.333. The minimum absolute atomic E-state index is 0.308. The van der Waals surface area contributed by atoms with Gasteiger partial charge in [-0.1, -0.05) is 6.58 Å². The average Bonchev–Trinajstić information content (AvgIpc) is 1.64. The third-order valence-corrected chi connectivity index (χ3v) is 0.861. The molecule has 0 radical (unpaired) electrons. The smallest absolute Gasteiger partial charge is 0.230 e. The molecule has 0 heterocycles. The van der Waals surface area contributed by atoms with Gasteiger partial charge in [0.1, 0.15) is 0 Å². The van der Waals surface area contributed by atoms with Crippen LogP contribution in [0.25, 0.3) is 0 Å². The molecule has 0 saturated heterocycles. The molecule has 0 bridgehead atoms. The van der Waals surface area contributed by atoms with Gasteiger partial charge in [0, 0.05) is 20.0 Å². The van der Waals surface area contributed by atoms with Crippen LogP contribution in [-0.4, -0.2) is 16.7 Å². The summed E-state index contributed by atoms with van der Waals surface area (Å²) < 4.78 is 0. The van der Waals surface area contributed by atoms with E-state index in [2.05, 4.69) is 6.58 Å². The van der Waals surface area contributed by atoms with Crippen LogP contribution in [0.4, 0.5) is 0 Å². The van der Waals surface area contributed by atoms with Gasteiger partial charge in [-0.25, -0.2) is 0 Å². The Labute approximate surface area is 54.0 Å². The minimum Gasteiger partial charge on any atom is -0.274 e. The summed E-state index contributed by atoms with van der Waals surface area (Å²) in [6.45, 7) is 5.90. The molecular weight excluding hydrogens is 118 g/mol. The molecule has 0 aliphatic rings. The molecule has 2 amide bonds. The van der Waals surface area contributed by atoms with E-state index in [0.717, 1.165) is 4.90 Å². The number of imide groups is 1. The largest absolute Gasteiger partial charge is 0.274 e. The van der Waals surface area contributed by atoms with E-state index in [-0.39, 0.29) is 11.8 Å². The van der Waals surface area contributed by atoms with Crippen molar-refractivity contribution in [3.8, 4) is 0 Å². The van der Waals surface area contributed by atoms with E-state index in [4.69, 9.17) is 0 Å². The van der Waals surface area contributed by atoms with E-state index in [1.165, 1.54) is 20.0 Å². The van der Waals surface area contributed by atoms with Crippen molar-refractivity contribution >= 4 is 11.8 Å². The van der Waals surface area contributed by atoms with Crippen molar-refractivity contribution in [2.24, 2.45) is 0 Å². The highest BCUT2D eigenvalue weighted by Gasteiger charge is 2.07. The van der Waals surface area contributed by atoms with Crippen molar-refractivity contribution in [2.45, 2.75) is 13.8 Å². The molecule has 0 aliphatic carbocycles. The maximum Gasteiger partial charge on any atom is 0.230 e. The molecule has 9 heavy (non-hydrogen) atoms. The van der Waals surface area contributed by atoms with E-state index < -0.39 is 0 Å². The van der Waals surface area contributed by atoms with Gasteiger partial charge in [0.05, 0.1) is 0 Å². The summed E-state index contributed by atoms with van der Waals surface area (Å²) in [5, 5.41) is 0. The summed E-state index contributed by atoms with van der Waals surface area (Å²) in [6, 6.07) is 0. The van der Waals surface area contributed by atoms with E-state index in [9.17, 15) is 9.59 Å². The van der Waals surface area contributed by atoms with E-state index in [0.29, 0.717) is 0 Å². The van der Waals surface area contributed by atoms with Gasteiger partial charge in [-0.2, -0.15) is 0 Å². The monoisotopic (exact) mass is 127 g/mol. The normalized spacial score (nSPS) is 8.22. The Morgan fingerprint density at radius 2 is 1.67 bits per heavy atom. The van der Waals surface area contributed by atoms with Crippen molar-refractivity contribution in [1.82, 2.24) is 4.90 Å². The second kappa shape index (κ2) is 3.02. The van der Waals surface area contributed by atoms with Gasteiger partial charge < -0.3 is 0 Å². The molecule has 0 N–H and O–H groups in total. The Morgan fingerprint density at radius 1 is 1.33 bits per heavy atom. The summed E-state index contributed by atoms with van der Waals surface area (Å²) in [6.07, 6.45) is 1.20. The Balaban J connectivity index is 4.16. The minimum atomic E-state index is -0.308. The Kier molecular flexibility index (Phi) is 2.64. The number of hydrogen-bond acceptors (Lipinski definition) is 2. The first-order valence-corrected chi connectivity index (χ1v) is 2.52. The SMILES string of the molecule is C=CN(C(C)=O)C(C)=O. The number of carbonyl (C=O) groups excluding carboxylic acids is 2. The highest BCUT2D eigenvalue weighted by molar-refractivity contribution is 5.93. The van der Waals surface area contributed by atoms with Crippen LogP contribution >= 0.6 is 0 Å². The van der Waals surface area contributed by atoms with Crippen LogP contribution < -0.4 is 0 Å². The van der Waals surface area contributed by atoms with Crippen LogP contribution in [0.1, 0.15) is 13.8 Å². The first-order chi connectivity index (χ1) is 4.09. The van der Waals surface area contributed by atoms with Gasteiger partial charge in [0.25, 0.3) is 0 Å². The molecule has 0 aromatic heterocycles. The van der Waals surface area contributed by atoms with Crippen LogP contribution in [0.2, 0.25) is 0 Å². The summed E-state index contributed by atoms with van der Waals surface area (Å²) in [4.78, 5) is 21.8. The Morgan fingerprint density at radius 3 is 1.67 bits per heavy atom. The maximum absolute atomic E-state index is 10.5. The van der Waals surface area contributed by atoms with Crippen LogP contribution in [0.5, 0.6) is 0 Å². The van der Waals surface area contributed by atoms with Gasteiger partial charge in [-0.3, -0.25) is 14.5 Å². The van der Waals surface area contributed by atoms with Gasteiger partial charge in [-0.15, -0.1) is 0 Å². The molecule has 0 saturated carbocycles. The fourth-order valence-electron chi connectivity index (χ4n) is 0.479. The number of nitrogens with zero attached hydrogens (tertiary/aromatic N) is 1. The summed E-state index contributed by atoms with van der Waals surface area (Å²) in [5.74, 6) is -0.616. The first-order valence-electron chi connectivity index (χ1n) is 2.52. The lowest BCUT2D eigenvalue weighted by molar-refractivity contribution is -0.138. The van der Waals surface area contributed by atoms with Crippen molar-refractivity contribution in [3.05, 3.63) is 12.8 Å². The van der Waals surface area contributed by atoms with Crippen molar-refractivity contribution < 1.29 is 9.59 Å². The van der Waals surface area contributed by atoms with Crippen molar-refractivity contribution in [1.29, 1.82) is 0 Å². The molecular formula is C6H9NO2. The number of amides is 2. The predicted octanol–water partition coefficient (Wildman–Crippen LogP) is 0.525. The number of hydrogen-bond donors (Lipinski definition) is 0. The van der Waals surface area contributed by atoms with E-state index >= 15 is 0 Å². The third-order valence-electron chi connectivity index (χ3n) is 0.861. The van der Waals surface area contributed by atoms with Crippen LogP contribution in [0.3, 0.4) is 0 Å². The number of carbonyl (C=O) groups is 2. The molecule has 0 aliphatic heterocycles. The van der Waals surface area contributed by atoms with Gasteiger partial charge in [-0.05, 0) is 0 Å². The number of rotatable bonds is 1. The molecule has 0 aromatic rings. The lowest BCUT2D eigenvalue weighted by Crippen LogP contribution is -2.27. The molecule has 0 unspecified atom stereocenters. The predicted molar refractivity (Wildman–Crippen MR) is 33.4 cm³/mol. The lowest BCUT2D eigenvalue weighted by Gasteiger charge is -2.08. The van der Waals surface area contributed by atoms with Crippen molar-refractivity contribution in [2.75, 3.05) is 0 Å². The first kappa shape index (κ1) is 7.88. The topological polar surface area (TPSA) is 37.4 Å². The maximum atomic E-state index is 10.5. The standard InChI is InChI=1S/C6H9NO2/c1-4-7(5(2)8)6(3)9/h4H,1H2,2-3H3. The molecule has 0 aromatic carbocycles. The molecule has 50 valence electrons. The molecule has 3 nitrogen and oxygen atoms in total. The molecule has 0 fully saturated rings. The molecule has 0 rings (SSSR count). The molecule has 0 spiro atoms. The van der Waals surface area contributed by atoms with Gasteiger partial charge >= 0.3 is 0 Å². The third kappa shape index (κ3) is 2.08. The second-order valence-electron chi connectivity index (χ2n) is 1.59. The van der Waals surface area contributed by atoms with Crippen molar-refractivity contribution in [3.63, 3.8) is 0 Å². The molecule has 3 heteroatoms. The van der Waals surface area contributed by atoms with E-state index in [1.807, 2.05) is 0 Å². The summed E-state index contributed by atoms with van der Waals surface area (Å²) >= 11 is 0. The second-order valence-corrected chi connectivity index (χ2v) is 1.59. The molecule has 0 atom stereocenters. The lowest BCUT2D eigenvalue weighted by atomic mass is 10.5. The zero-order valence-corrected chi connectivity index (χ0v) is 5.55. The van der Waals surface area contributed by atoms with Crippen LogP contribution in [-0.2, 0) is 9.59 Å². The quantitative estimate of drug-likeness (QED) is 0.515. The Bertz CT molecular complexity index is 137. The van der Waals surface area contributed by atoms with Gasteiger partial charge in [0.15, 0.2) is 0 Å². The fourth-order valence-corrected chi connectivity index (χ4v) is 0.479. The highest BCUT2D eigenvalue weighted by Crippen LogP contribution is 1.88. The zero-order valence-electron chi connectivity index (χ0n) is 5.55. The van der Waals surface area contributed by atoms with Crippen LogP contribution in [0, 0.1) is 0 Å². The van der Waals surface area contributed by atoms with E-state index in [1.54, 1.807) is 0 Å². The van der Waals surface area contributed by atoms with Crippen LogP contribution in [0.15, 0.2) is 12.8 Å². The Hall–Kier alpha value is -1.12. The summed E-state index contributed by atoms with van der Waals surface area (Å²) in [5.41, 5.74) is 0. The summed E-state index contributed by atoms with van der Waals surface area (Å²) in [7, 11) is 0. The average molecular weight is 127 g/mol. The van der Waals surface area contributed by atoms with Gasteiger partial charge in [0.2, 0.25) is 11.8 Å². The zero-order chi connectivity index (χ0) is 7.44. The highest BCUT2D eigenvalue weighted by atomic mass is 16.2.